The molecule has 0 unspecified atom stereocenters. The van der Waals surface area contributed by atoms with Crippen LogP contribution in [0.3, 0.4) is 0 Å². The van der Waals surface area contributed by atoms with Crippen LogP contribution in [0.5, 0.6) is 0 Å². The largest absolute Gasteiger partial charge is 0.472 e. The van der Waals surface area contributed by atoms with E-state index in [1.807, 2.05) is 43.1 Å². The molecule has 0 fully saturated rings. The number of hydrogen-bond acceptors (Lipinski definition) is 5. The van der Waals surface area contributed by atoms with E-state index in [9.17, 15) is 0 Å². The molecule has 0 aliphatic carbocycles. The van der Waals surface area contributed by atoms with Crippen LogP contribution in [0, 0.1) is 0 Å². The molecule has 5 heteroatoms. The van der Waals surface area contributed by atoms with Crippen LogP contribution in [0.1, 0.15) is 27.8 Å². The molecular weight excluding hydrogens is 314 g/mol. The molecule has 0 aromatic carbocycles. The van der Waals surface area contributed by atoms with E-state index in [1.165, 1.54) is 22.3 Å². The third-order valence-corrected chi connectivity index (χ3v) is 4.54. The Balaban J connectivity index is 1.39. The monoisotopic (exact) mass is 335 g/mol. The number of hydrogen-bond donors (Lipinski definition) is 0. The van der Waals surface area contributed by atoms with Crippen LogP contribution < -0.4 is 0 Å². The van der Waals surface area contributed by atoms with Crippen molar-refractivity contribution >= 4 is 0 Å². The van der Waals surface area contributed by atoms with Crippen LogP contribution in [0.4, 0.5) is 0 Å². The van der Waals surface area contributed by atoms with E-state index in [1.54, 1.807) is 12.5 Å². The smallest absolute Gasteiger partial charge is 0.0947 e. The Morgan fingerprint density at radius 2 is 2.08 bits per heavy atom. The fourth-order valence-electron chi connectivity index (χ4n) is 3.29. The fraction of sp³-hybridized carbons (Fsp3) is 0.300. The first-order valence-corrected chi connectivity index (χ1v) is 8.53. The highest BCUT2D eigenvalue weighted by molar-refractivity contribution is 5.33. The standard InChI is InChI=1S/C20H21N3O2/c1-2-16(8-21-5-1)13-25-15-19-10-22-9-18-12-23(6-3-20(18)19)11-17-4-7-24-14-17/h1-2,4-5,7-10,14H,3,6,11-13,15H2. The van der Waals surface area contributed by atoms with Crippen molar-refractivity contribution in [2.24, 2.45) is 0 Å². The first-order chi connectivity index (χ1) is 12.4. The zero-order chi connectivity index (χ0) is 16.9. The van der Waals surface area contributed by atoms with Crippen molar-refractivity contribution in [1.82, 2.24) is 14.9 Å². The maximum absolute atomic E-state index is 5.88. The topological polar surface area (TPSA) is 51.4 Å². The zero-order valence-corrected chi connectivity index (χ0v) is 14.1. The molecule has 0 amide bonds. The van der Waals surface area contributed by atoms with Gasteiger partial charge in [-0.25, -0.2) is 0 Å². The van der Waals surface area contributed by atoms with E-state index in [4.69, 9.17) is 9.15 Å². The summed E-state index contributed by atoms with van der Waals surface area (Å²) in [6, 6.07) is 5.98. The predicted octanol–water partition coefficient (Wildman–Crippen LogP) is 3.34. The minimum Gasteiger partial charge on any atom is -0.472 e. The molecule has 0 spiro atoms. The highest BCUT2D eigenvalue weighted by Gasteiger charge is 2.19. The van der Waals surface area contributed by atoms with E-state index >= 15 is 0 Å². The highest BCUT2D eigenvalue weighted by Crippen LogP contribution is 2.23. The van der Waals surface area contributed by atoms with Crippen molar-refractivity contribution in [3.05, 3.63) is 83.3 Å². The first kappa shape index (κ1) is 16.0. The van der Waals surface area contributed by atoms with Gasteiger partial charge in [0.1, 0.15) is 0 Å². The lowest BCUT2D eigenvalue weighted by atomic mass is 9.97. The number of ether oxygens (including phenoxy) is 1. The summed E-state index contributed by atoms with van der Waals surface area (Å²) in [5, 5.41) is 0. The van der Waals surface area contributed by atoms with Crippen molar-refractivity contribution in [3.8, 4) is 0 Å². The Morgan fingerprint density at radius 1 is 1.08 bits per heavy atom. The second-order valence-corrected chi connectivity index (χ2v) is 6.38. The second-order valence-electron chi connectivity index (χ2n) is 6.38. The lowest BCUT2D eigenvalue weighted by Crippen LogP contribution is -2.30. The molecule has 0 saturated heterocycles. The first-order valence-electron chi connectivity index (χ1n) is 8.53. The van der Waals surface area contributed by atoms with E-state index in [0.717, 1.165) is 31.6 Å². The van der Waals surface area contributed by atoms with Crippen LogP contribution in [0.25, 0.3) is 0 Å². The van der Waals surface area contributed by atoms with Gasteiger partial charge in [0.25, 0.3) is 0 Å². The van der Waals surface area contributed by atoms with Gasteiger partial charge in [0.15, 0.2) is 0 Å². The molecule has 5 nitrogen and oxygen atoms in total. The van der Waals surface area contributed by atoms with Crippen molar-refractivity contribution in [3.63, 3.8) is 0 Å². The minimum atomic E-state index is 0.574. The third-order valence-electron chi connectivity index (χ3n) is 4.54. The second kappa shape index (κ2) is 7.59. The lowest BCUT2D eigenvalue weighted by Gasteiger charge is -2.29. The fourth-order valence-corrected chi connectivity index (χ4v) is 3.29. The van der Waals surface area contributed by atoms with E-state index < -0.39 is 0 Å². The van der Waals surface area contributed by atoms with Crippen molar-refractivity contribution in [2.75, 3.05) is 6.54 Å². The Morgan fingerprint density at radius 3 is 2.92 bits per heavy atom. The summed E-state index contributed by atoms with van der Waals surface area (Å²) in [4.78, 5) is 11.0. The number of furan rings is 1. The summed E-state index contributed by atoms with van der Waals surface area (Å²) in [5.41, 5.74) is 6.20. The van der Waals surface area contributed by atoms with Gasteiger partial charge in [-0.15, -0.1) is 0 Å². The van der Waals surface area contributed by atoms with Gasteiger partial charge in [0.2, 0.25) is 0 Å². The molecule has 0 atom stereocenters. The van der Waals surface area contributed by atoms with Gasteiger partial charge in [-0.1, -0.05) is 6.07 Å². The molecule has 0 saturated carbocycles. The number of rotatable bonds is 6. The summed E-state index contributed by atoms with van der Waals surface area (Å²) in [7, 11) is 0. The Kier molecular flexibility index (Phi) is 4.86. The van der Waals surface area contributed by atoms with Crippen molar-refractivity contribution in [1.29, 1.82) is 0 Å². The Hall–Kier alpha value is -2.50. The SMILES string of the molecule is c1cncc(COCc2cncc3c2CCN(Cc2ccoc2)C3)c1. The molecule has 1 aliphatic heterocycles. The van der Waals surface area contributed by atoms with Crippen LogP contribution in [-0.2, 0) is 37.5 Å². The maximum atomic E-state index is 5.88. The molecule has 0 radical (unpaired) electrons. The van der Waals surface area contributed by atoms with Crippen LogP contribution >= 0.6 is 0 Å². The zero-order valence-electron chi connectivity index (χ0n) is 14.1. The number of aromatic nitrogens is 2. The van der Waals surface area contributed by atoms with Crippen molar-refractivity contribution in [2.45, 2.75) is 32.7 Å². The average Bonchev–Trinajstić information content (AvgIpc) is 3.16. The molecule has 4 rings (SSSR count). The third kappa shape index (κ3) is 3.95. The van der Waals surface area contributed by atoms with Crippen LogP contribution in [0.15, 0.2) is 59.9 Å². The number of nitrogens with zero attached hydrogens (tertiary/aromatic N) is 3. The summed E-state index contributed by atoms with van der Waals surface area (Å²) in [6.07, 6.45) is 12.1. The summed E-state index contributed by atoms with van der Waals surface area (Å²) >= 11 is 0. The summed E-state index contributed by atoms with van der Waals surface area (Å²) in [6.45, 7) is 4.04. The molecule has 0 bridgehead atoms. The molecule has 1 aliphatic rings. The molecule has 128 valence electrons. The quantitative estimate of drug-likeness (QED) is 0.691. The predicted molar refractivity (Wildman–Crippen MR) is 93.5 cm³/mol. The summed E-state index contributed by atoms with van der Waals surface area (Å²) < 4.78 is 11.0. The normalized spacial score (nSPS) is 14.4. The van der Waals surface area contributed by atoms with Gasteiger partial charge in [-0.2, -0.15) is 0 Å². The lowest BCUT2D eigenvalue weighted by molar-refractivity contribution is 0.105. The average molecular weight is 335 g/mol. The Labute approximate surface area is 147 Å². The molecule has 0 N–H and O–H groups in total. The summed E-state index contributed by atoms with van der Waals surface area (Å²) in [5.74, 6) is 0. The molecule has 3 aromatic rings. The van der Waals surface area contributed by atoms with Crippen molar-refractivity contribution < 1.29 is 9.15 Å². The minimum absolute atomic E-state index is 0.574. The van der Waals surface area contributed by atoms with Crippen LogP contribution in [-0.4, -0.2) is 21.4 Å². The molecular formula is C20H21N3O2. The van der Waals surface area contributed by atoms with E-state index in [2.05, 4.69) is 14.9 Å². The van der Waals surface area contributed by atoms with Crippen LogP contribution in [0.2, 0.25) is 0 Å². The van der Waals surface area contributed by atoms with Gasteiger partial charge in [0, 0.05) is 50.0 Å². The van der Waals surface area contributed by atoms with Gasteiger partial charge in [0.05, 0.1) is 25.7 Å². The van der Waals surface area contributed by atoms with Gasteiger partial charge < -0.3 is 9.15 Å². The van der Waals surface area contributed by atoms with Gasteiger partial charge >= 0.3 is 0 Å². The number of fused-ring (bicyclic) bond motifs is 1. The van der Waals surface area contributed by atoms with Gasteiger partial charge in [-0.05, 0) is 40.8 Å². The Bertz CT molecular complexity index is 803. The van der Waals surface area contributed by atoms with E-state index in [-0.39, 0.29) is 0 Å². The highest BCUT2D eigenvalue weighted by atomic mass is 16.5. The van der Waals surface area contributed by atoms with Gasteiger partial charge in [-0.3, -0.25) is 14.9 Å². The molecule has 4 heterocycles. The number of pyridine rings is 2. The molecule has 3 aromatic heterocycles. The maximum Gasteiger partial charge on any atom is 0.0947 e. The van der Waals surface area contributed by atoms with E-state index in [0.29, 0.717) is 13.2 Å². The molecule has 25 heavy (non-hydrogen) atoms.